The van der Waals surface area contributed by atoms with E-state index in [2.05, 4.69) is 10.3 Å². The van der Waals surface area contributed by atoms with Crippen molar-refractivity contribution in [3.05, 3.63) is 77.6 Å². The maximum absolute atomic E-state index is 12.8. The van der Waals surface area contributed by atoms with E-state index in [1.807, 2.05) is 42.5 Å². The number of nitrogens with zero attached hydrogens (tertiary/aromatic N) is 2. The van der Waals surface area contributed by atoms with Crippen molar-refractivity contribution in [1.82, 2.24) is 9.88 Å². The third-order valence-corrected chi connectivity index (χ3v) is 3.99. The van der Waals surface area contributed by atoms with E-state index < -0.39 is 0 Å². The van der Waals surface area contributed by atoms with Crippen LogP contribution in [0.1, 0.15) is 15.9 Å². The van der Waals surface area contributed by atoms with Crippen molar-refractivity contribution in [3.8, 4) is 0 Å². The lowest BCUT2D eigenvalue weighted by atomic mass is 10.1. The SMILES string of the molecule is NC1=N/C(=C/c2cn(C(=O)c3ccccc3)c3ccccc23)C(=O)N1. The molecule has 0 unspecified atom stereocenters. The predicted octanol–water partition coefficient (Wildman–Crippen LogP) is 2.12. The molecule has 0 saturated heterocycles. The van der Waals surface area contributed by atoms with Gasteiger partial charge in [0.15, 0.2) is 0 Å². The Kier molecular flexibility index (Phi) is 3.43. The first-order chi connectivity index (χ1) is 12.1. The number of fused-ring (bicyclic) bond motifs is 1. The van der Waals surface area contributed by atoms with Crippen LogP contribution in [-0.2, 0) is 4.79 Å². The van der Waals surface area contributed by atoms with Crippen molar-refractivity contribution < 1.29 is 9.59 Å². The first-order valence-electron chi connectivity index (χ1n) is 7.70. The standard InChI is InChI=1S/C19H14N4O2/c20-19-21-15(17(24)22-19)10-13-11-23(16-9-5-4-8-14(13)16)18(25)12-6-2-1-3-7-12/h1-11H,(H3,20,21,22,24)/b15-10+. The molecular formula is C19H14N4O2. The number of hydrogen-bond donors (Lipinski definition) is 2. The van der Waals surface area contributed by atoms with E-state index in [4.69, 9.17) is 5.73 Å². The molecule has 0 saturated carbocycles. The minimum atomic E-state index is -0.358. The van der Waals surface area contributed by atoms with Gasteiger partial charge in [-0.2, -0.15) is 0 Å². The number of para-hydroxylation sites is 1. The van der Waals surface area contributed by atoms with Gasteiger partial charge >= 0.3 is 0 Å². The lowest BCUT2D eigenvalue weighted by Crippen LogP contribution is -2.30. The fraction of sp³-hybridized carbons (Fsp3) is 0. The van der Waals surface area contributed by atoms with Gasteiger partial charge in [-0.05, 0) is 24.3 Å². The summed E-state index contributed by atoms with van der Waals surface area (Å²) in [5, 5.41) is 3.29. The number of carbonyl (C=O) groups excluding carboxylic acids is 2. The van der Waals surface area contributed by atoms with E-state index >= 15 is 0 Å². The number of aliphatic imine (C=N–C) groups is 1. The van der Waals surface area contributed by atoms with Crippen LogP contribution in [0.5, 0.6) is 0 Å². The highest BCUT2D eigenvalue weighted by Gasteiger charge is 2.19. The van der Waals surface area contributed by atoms with Crippen molar-refractivity contribution in [2.45, 2.75) is 0 Å². The van der Waals surface area contributed by atoms with Gasteiger partial charge in [0, 0.05) is 22.7 Å². The van der Waals surface area contributed by atoms with E-state index in [1.54, 1.807) is 29.0 Å². The number of aromatic nitrogens is 1. The fourth-order valence-electron chi connectivity index (χ4n) is 2.84. The van der Waals surface area contributed by atoms with Crippen LogP contribution in [0, 0.1) is 0 Å². The highest BCUT2D eigenvalue weighted by molar-refractivity contribution is 6.14. The average molecular weight is 330 g/mol. The molecule has 122 valence electrons. The molecule has 6 nitrogen and oxygen atoms in total. The fourth-order valence-corrected chi connectivity index (χ4v) is 2.84. The molecule has 1 aliphatic heterocycles. The first-order valence-corrected chi connectivity index (χ1v) is 7.70. The lowest BCUT2D eigenvalue weighted by Gasteiger charge is -2.03. The number of hydrogen-bond acceptors (Lipinski definition) is 4. The summed E-state index contributed by atoms with van der Waals surface area (Å²) in [6.07, 6.45) is 3.34. The second kappa shape index (κ2) is 5.76. The average Bonchev–Trinajstić information content (AvgIpc) is 3.15. The van der Waals surface area contributed by atoms with Crippen LogP contribution in [0.15, 0.2) is 71.5 Å². The second-order valence-corrected chi connectivity index (χ2v) is 5.62. The topological polar surface area (TPSA) is 89.5 Å². The number of amides is 1. The summed E-state index contributed by atoms with van der Waals surface area (Å²) in [5.74, 6) is -0.426. The highest BCUT2D eigenvalue weighted by Crippen LogP contribution is 2.25. The van der Waals surface area contributed by atoms with Crippen LogP contribution in [0.25, 0.3) is 17.0 Å². The Morgan fingerprint density at radius 3 is 2.52 bits per heavy atom. The van der Waals surface area contributed by atoms with Crippen LogP contribution >= 0.6 is 0 Å². The normalized spacial score (nSPS) is 15.4. The van der Waals surface area contributed by atoms with Gasteiger partial charge in [0.1, 0.15) is 5.70 Å². The van der Waals surface area contributed by atoms with Crippen molar-refractivity contribution in [2.75, 3.05) is 0 Å². The van der Waals surface area contributed by atoms with Gasteiger partial charge in [-0.3, -0.25) is 19.5 Å². The Labute approximate surface area is 143 Å². The van der Waals surface area contributed by atoms with E-state index in [9.17, 15) is 9.59 Å². The summed E-state index contributed by atoms with van der Waals surface area (Å²) < 4.78 is 1.58. The molecule has 0 spiro atoms. The van der Waals surface area contributed by atoms with Crippen LogP contribution < -0.4 is 11.1 Å². The third-order valence-electron chi connectivity index (χ3n) is 3.99. The second-order valence-electron chi connectivity index (χ2n) is 5.62. The van der Waals surface area contributed by atoms with Crippen molar-refractivity contribution in [1.29, 1.82) is 0 Å². The Hall–Kier alpha value is -3.67. The van der Waals surface area contributed by atoms with Gasteiger partial charge in [-0.15, -0.1) is 0 Å². The maximum Gasteiger partial charge on any atom is 0.276 e. The lowest BCUT2D eigenvalue weighted by molar-refractivity contribution is -0.115. The van der Waals surface area contributed by atoms with E-state index in [0.717, 1.165) is 16.5 Å². The van der Waals surface area contributed by atoms with Gasteiger partial charge < -0.3 is 5.73 Å². The molecule has 0 fully saturated rings. The zero-order valence-electron chi connectivity index (χ0n) is 13.1. The molecule has 1 aliphatic rings. The molecule has 4 rings (SSSR count). The summed E-state index contributed by atoms with van der Waals surface area (Å²) >= 11 is 0. The zero-order chi connectivity index (χ0) is 17.4. The molecule has 25 heavy (non-hydrogen) atoms. The van der Waals surface area contributed by atoms with Crippen LogP contribution in [-0.4, -0.2) is 22.3 Å². The predicted molar refractivity (Wildman–Crippen MR) is 95.9 cm³/mol. The maximum atomic E-state index is 12.8. The molecule has 0 bridgehead atoms. The molecule has 6 heteroatoms. The molecule has 3 N–H and O–H groups in total. The van der Waals surface area contributed by atoms with Crippen LogP contribution in [0.2, 0.25) is 0 Å². The van der Waals surface area contributed by atoms with Crippen molar-refractivity contribution >= 4 is 34.8 Å². The van der Waals surface area contributed by atoms with Gasteiger partial charge in [0.25, 0.3) is 11.8 Å². The summed E-state index contributed by atoms with van der Waals surface area (Å²) in [7, 11) is 0. The van der Waals surface area contributed by atoms with Crippen LogP contribution in [0.3, 0.4) is 0 Å². The Morgan fingerprint density at radius 2 is 1.80 bits per heavy atom. The van der Waals surface area contributed by atoms with Crippen molar-refractivity contribution in [3.63, 3.8) is 0 Å². The number of rotatable bonds is 2. The minimum Gasteiger partial charge on any atom is -0.369 e. The van der Waals surface area contributed by atoms with E-state index in [1.165, 1.54) is 0 Å². The van der Waals surface area contributed by atoms with Gasteiger partial charge in [0.05, 0.1) is 5.52 Å². The Bertz CT molecular complexity index is 1060. The summed E-state index contributed by atoms with van der Waals surface area (Å²) in [4.78, 5) is 28.7. The molecule has 0 atom stereocenters. The minimum absolute atomic E-state index is 0.0698. The van der Waals surface area contributed by atoms with Crippen molar-refractivity contribution in [2.24, 2.45) is 10.7 Å². The van der Waals surface area contributed by atoms with Gasteiger partial charge in [-0.25, -0.2) is 4.99 Å². The monoisotopic (exact) mass is 330 g/mol. The summed E-state index contributed by atoms with van der Waals surface area (Å²) in [5.41, 5.74) is 7.82. The number of guanidine groups is 1. The van der Waals surface area contributed by atoms with E-state index in [-0.39, 0.29) is 23.5 Å². The molecule has 2 heterocycles. The smallest absolute Gasteiger partial charge is 0.276 e. The Balaban J connectivity index is 1.87. The number of carbonyl (C=O) groups is 2. The number of benzene rings is 2. The summed E-state index contributed by atoms with van der Waals surface area (Å²) in [6.45, 7) is 0. The zero-order valence-corrected chi connectivity index (χ0v) is 13.1. The van der Waals surface area contributed by atoms with Crippen LogP contribution in [0.4, 0.5) is 0 Å². The third kappa shape index (κ3) is 2.59. The van der Waals surface area contributed by atoms with Gasteiger partial charge in [-0.1, -0.05) is 36.4 Å². The summed E-state index contributed by atoms with van der Waals surface area (Å²) in [6, 6.07) is 16.6. The molecular weight excluding hydrogens is 316 g/mol. The quantitative estimate of drug-likeness (QED) is 0.705. The largest absolute Gasteiger partial charge is 0.369 e. The number of nitrogens with one attached hydrogen (secondary N) is 1. The molecule has 2 aromatic carbocycles. The van der Waals surface area contributed by atoms with Gasteiger partial charge in [0.2, 0.25) is 5.96 Å². The number of nitrogens with two attached hydrogens (primary N) is 1. The molecule has 0 radical (unpaired) electrons. The van der Waals surface area contributed by atoms with E-state index in [0.29, 0.717) is 5.56 Å². The molecule has 3 aromatic rings. The molecule has 1 aromatic heterocycles. The molecule has 1 amide bonds. The molecule has 0 aliphatic carbocycles. The first kappa shape index (κ1) is 14.9. The highest BCUT2D eigenvalue weighted by atomic mass is 16.2. The Morgan fingerprint density at radius 1 is 1.08 bits per heavy atom.